The number of fused-ring (bicyclic) bond motifs is 1. The zero-order valence-electron chi connectivity index (χ0n) is 20.9. The summed E-state index contributed by atoms with van der Waals surface area (Å²) in [7, 11) is 0. The average Bonchev–Trinajstić information content (AvgIpc) is 3.32. The molecule has 8 nitrogen and oxygen atoms in total. The first-order valence-corrected chi connectivity index (χ1v) is 13.0. The Morgan fingerprint density at radius 3 is 2.65 bits per heavy atom. The SMILES string of the molecule is Cc1nc2c(nc1C)C(c1ccc(F)cc1F)=NC(N1CC(C)OC(c3cnn(C4CC(S)C4)c3)C1)N2. The van der Waals surface area contributed by atoms with Gasteiger partial charge in [0.25, 0.3) is 0 Å². The van der Waals surface area contributed by atoms with Crippen LogP contribution in [0.3, 0.4) is 0 Å². The van der Waals surface area contributed by atoms with Crippen molar-refractivity contribution in [3.8, 4) is 0 Å². The summed E-state index contributed by atoms with van der Waals surface area (Å²) in [5, 5.41) is 8.40. The Bertz CT molecular complexity index is 1370. The number of halogens is 2. The number of ether oxygens (including phenoxy) is 1. The third-order valence-corrected chi connectivity index (χ3v) is 7.75. The molecule has 1 aliphatic carbocycles. The van der Waals surface area contributed by atoms with Gasteiger partial charge in [-0.15, -0.1) is 0 Å². The number of benzene rings is 1. The van der Waals surface area contributed by atoms with Gasteiger partial charge in [-0.1, -0.05) is 0 Å². The number of aliphatic imine (C=N–C) groups is 1. The topological polar surface area (TPSA) is 80.5 Å². The van der Waals surface area contributed by atoms with Crippen LogP contribution in [-0.4, -0.2) is 61.1 Å². The van der Waals surface area contributed by atoms with E-state index in [1.54, 1.807) is 0 Å². The molecule has 194 valence electrons. The number of morpholine rings is 1. The second-order valence-corrected chi connectivity index (χ2v) is 10.9. The summed E-state index contributed by atoms with van der Waals surface area (Å²) in [6.07, 6.45) is 5.18. The molecule has 0 bridgehead atoms. The van der Waals surface area contributed by atoms with Gasteiger partial charge in [-0.3, -0.25) is 9.58 Å². The summed E-state index contributed by atoms with van der Waals surface area (Å²) in [5.41, 5.74) is 3.49. The number of anilines is 1. The van der Waals surface area contributed by atoms with Crippen molar-refractivity contribution >= 4 is 24.2 Å². The molecule has 0 amide bonds. The van der Waals surface area contributed by atoms with Crippen LogP contribution in [-0.2, 0) is 4.74 Å². The van der Waals surface area contributed by atoms with Crippen LogP contribution in [0.25, 0.3) is 0 Å². The van der Waals surface area contributed by atoms with Gasteiger partial charge in [0.05, 0.1) is 35.8 Å². The summed E-state index contributed by atoms with van der Waals surface area (Å²) in [4.78, 5) is 16.4. The second kappa shape index (κ2) is 9.45. The summed E-state index contributed by atoms with van der Waals surface area (Å²) >= 11 is 4.52. The van der Waals surface area contributed by atoms with Crippen molar-refractivity contribution in [2.24, 2.45) is 4.99 Å². The maximum absolute atomic E-state index is 14.9. The van der Waals surface area contributed by atoms with Crippen LogP contribution in [0.4, 0.5) is 14.6 Å². The minimum atomic E-state index is -0.689. The predicted octanol–water partition coefficient (Wildman–Crippen LogP) is 4.21. The highest BCUT2D eigenvalue weighted by atomic mass is 32.1. The first-order valence-electron chi connectivity index (χ1n) is 12.5. The lowest BCUT2D eigenvalue weighted by atomic mass is 9.92. The number of nitrogens with zero attached hydrogens (tertiary/aromatic N) is 6. The quantitative estimate of drug-likeness (QED) is 0.497. The third kappa shape index (κ3) is 4.64. The number of hydrogen-bond acceptors (Lipinski definition) is 8. The number of thiol groups is 1. The summed E-state index contributed by atoms with van der Waals surface area (Å²) in [6, 6.07) is 3.88. The van der Waals surface area contributed by atoms with E-state index in [0.29, 0.717) is 41.6 Å². The lowest BCUT2D eigenvalue weighted by molar-refractivity contribution is -0.0872. The summed E-state index contributed by atoms with van der Waals surface area (Å²) < 4.78 is 36.9. The fraction of sp³-hybridized carbons (Fsp3) is 0.462. The van der Waals surface area contributed by atoms with Crippen molar-refractivity contribution < 1.29 is 13.5 Å². The largest absolute Gasteiger partial charge is 0.368 e. The lowest BCUT2D eigenvalue weighted by Gasteiger charge is -2.41. The number of rotatable bonds is 4. The molecule has 11 heteroatoms. The fourth-order valence-electron chi connectivity index (χ4n) is 5.12. The first-order chi connectivity index (χ1) is 17.7. The van der Waals surface area contributed by atoms with Crippen LogP contribution in [0, 0.1) is 25.5 Å². The van der Waals surface area contributed by atoms with Crippen molar-refractivity contribution in [2.75, 3.05) is 18.4 Å². The molecule has 1 saturated carbocycles. The van der Waals surface area contributed by atoms with Crippen molar-refractivity contribution in [3.05, 3.63) is 70.4 Å². The molecule has 37 heavy (non-hydrogen) atoms. The highest BCUT2D eigenvalue weighted by Gasteiger charge is 2.36. The number of aryl methyl sites for hydroxylation is 2. The fourth-order valence-corrected chi connectivity index (χ4v) is 5.61. The molecule has 2 aliphatic heterocycles. The number of nitrogens with one attached hydrogen (secondary N) is 1. The van der Waals surface area contributed by atoms with Gasteiger partial charge >= 0.3 is 0 Å². The molecule has 0 radical (unpaired) electrons. The molecular weight excluding hydrogens is 496 g/mol. The molecule has 3 atom stereocenters. The van der Waals surface area contributed by atoms with Gasteiger partial charge in [0.2, 0.25) is 0 Å². The second-order valence-electron chi connectivity index (χ2n) is 10.1. The minimum absolute atomic E-state index is 0.0668. The molecule has 1 aromatic carbocycles. The van der Waals surface area contributed by atoms with Crippen LogP contribution in [0.15, 0.2) is 35.6 Å². The summed E-state index contributed by atoms with van der Waals surface area (Å²) in [6.45, 7) is 6.93. The molecule has 3 aliphatic rings. The zero-order chi connectivity index (χ0) is 25.8. The van der Waals surface area contributed by atoms with Crippen LogP contribution in [0.2, 0.25) is 0 Å². The van der Waals surface area contributed by atoms with Crippen LogP contribution < -0.4 is 5.32 Å². The predicted molar refractivity (Wildman–Crippen MR) is 139 cm³/mol. The molecule has 1 saturated heterocycles. The maximum Gasteiger partial charge on any atom is 0.178 e. The van der Waals surface area contributed by atoms with Crippen molar-refractivity contribution in [1.82, 2.24) is 24.6 Å². The van der Waals surface area contributed by atoms with Gasteiger partial charge in [0, 0.05) is 41.7 Å². The van der Waals surface area contributed by atoms with Gasteiger partial charge in [-0.05, 0) is 45.7 Å². The van der Waals surface area contributed by atoms with Crippen molar-refractivity contribution in [2.45, 2.75) is 63.4 Å². The van der Waals surface area contributed by atoms with Gasteiger partial charge in [0.1, 0.15) is 23.0 Å². The first kappa shape index (κ1) is 24.4. The van der Waals surface area contributed by atoms with E-state index in [-0.39, 0.29) is 17.8 Å². The van der Waals surface area contributed by atoms with E-state index in [1.165, 1.54) is 12.1 Å². The third-order valence-electron chi connectivity index (χ3n) is 7.32. The minimum Gasteiger partial charge on any atom is -0.368 e. The van der Waals surface area contributed by atoms with E-state index >= 15 is 0 Å². The molecule has 3 unspecified atom stereocenters. The molecule has 4 heterocycles. The van der Waals surface area contributed by atoms with Gasteiger partial charge in [-0.2, -0.15) is 17.7 Å². The average molecular weight is 526 g/mol. The Balaban J connectivity index is 1.32. The maximum atomic E-state index is 14.9. The molecule has 2 aromatic heterocycles. The van der Waals surface area contributed by atoms with Gasteiger partial charge in [0.15, 0.2) is 12.1 Å². The lowest BCUT2D eigenvalue weighted by Crippen LogP contribution is -2.51. The van der Waals surface area contributed by atoms with Crippen LogP contribution in [0.1, 0.15) is 60.1 Å². The van der Waals surface area contributed by atoms with Gasteiger partial charge in [-0.25, -0.2) is 23.7 Å². The molecule has 6 rings (SSSR count). The monoisotopic (exact) mass is 525 g/mol. The van der Waals surface area contributed by atoms with Crippen molar-refractivity contribution in [3.63, 3.8) is 0 Å². The molecule has 3 aromatic rings. The number of aromatic nitrogens is 4. The summed E-state index contributed by atoms with van der Waals surface area (Å²) in [5.74, 6) is -0.807. The normalized spacial score (nSPS) is 27.7. The van der Waals surface area contributed by atoms with Crippen molar-refractivity contribution in [1.29, 1.82) is 0 Å². The number of hydrogen-bond donors (Lipinski definition) is 2. The van der Waals surface area contributed by atoms with E-state index in [2.05, 4.69) is 39.1 Å². The van der Waals surface area contributed by atoms with Crippen LogP contribution >= 0.6 is 12.6 Å². The van der Waals surface area contributed by atoms with E-state index in [0.717, 1.165) is 35.9 Å². The van der Waals surface area contributed by atoms with E-state index in [9.17, 15) is 8.78 Å². The Labute approximate surface area is 219 Å². The van der Waals surface area contributed by atoms with Crippen LogP contribution in [0.5, 0.6) is 0 Å². The van der Waals surface area contributed by atoms with E-state index in [4.69, 9.17) is 14.7 Å². The molecule has 2 fully saturated rings. The smallest absolute Gasteiger partial charge is 0.178 e. The highest BCUT2D eigenvalue weighted by molar-refractivity contribution is 7.81. The zero-order valence-corrected chi connectivity index (χ0v) is 21.8. The van der Waals surface area contributed by atoms with E-state index in [1.807, 2.05) is 31.6 Å². The standard InChI is InChI=1S/C26H29F2N7OS/c1-13-10-34(12-22(36-13)16-9-29-35(11-16)18-7-19(37)8-18)26-32-23(20-5-4-17(27)6-21(20)28)24-25(33-26)31-15(3)14(2)30-24/h4-6,9,11,13,18-19,22,26,37H,7-8,10,12H2,1-3H3,(H,31,33). The Kier molecular flexibility index (Phi) is 6.24. The highest BCUT2D eigenvalue weighted by Crippen LogP contribution is 2.37. The van der Waals surface area contributed by atoms with E-state index < -0.39 is 17.9 Å². The Morgan fingerprint density at radius 2 is 1.89 bits per heavy atom. The van der Waals surface area contributed by atoms with Gasteiger partial charge < -0.3 is 10.1 Å². The Hall–Kier alpha value is -2.89. The molecule has 0 spiro atoms. The molecule has 1 N–H and O–H groups in total. The Morgan fingerprint density at radius 1 is 1.11 bits per heavy atom. The molecular formula is C26H29F2N7OS.